The zero-order chi connectivity index (χ0) is 16.9. The summed E-state index contributed by atoms with van der Waals surface area (Å²) in [4.78, 5) is 21.6. The van der Waals surface area contributed by atoms with Gasteiger partial charge in [0.1, 0.15) is 5.82 Å². The first-order valence-electron chi connectivity index (χ1n) is 9.35. The van der Waals surface area contributed by atoms with E-state index in [-0.39, 0.29) is 18.1 Å². The second-order valence-electron chi connectivity index (χ2n) is 7.19. The number of nitrogens with zero attached hydrogens (tertiary/aromatic N) is 3. The number of amides is 1. The summed E-state index contributed by atoms with van der Waals surface area (Å²) in [6, 6.07) is 4.05. The SMILES string of the molecule is CC(O)CC1CCCN1C(=O)c1ccc(N2CCCCCC2)nc1. The van der Waals surface area contributed by atoms with Crippen LogP contribution < -0.4 is 4.90 Å². The second kappa shape index (κ2) is 7.97. The van der Waals surface area contributed by atoms with Crippen molar-refractivity contribution in [2.75, 3.05) is 24.5 Å². The maximum absolute atomic E-state index is 12.8. The minimum Gasteiger partial charge on any atom is -0.393 e. The second-order valence-corrected chi connectivity index (χ2v) is 7.19. The smallest absolute Gasteiger partial charge is 0.255 e. The van der Waals surface area contributed by atoms with Crippen molar-refractivity contribution in [2.45, 2.75) is 64.0 Å². The molecule has 0 aromatic carbocycles. The molecule has 1 N–H and O–H groups in total. The lowest BCUT2D eigenvalue weighted by atomic mass is 10.1. The zero-order valence-corrected chi connectivity index (χ0v) is 14.7. The molecule has 2 saturated heterocycles. The molecule has 24 heavy (non-hydrogen) atoms. The Balaban J connectivity index is 1.67. The number of carbonyl (C=O) groups excluding carboxylic acids is 1. The highest BCUT2D eigenvalue weighted by molar-refractivity contribution is 5.94. The third-order valence-corrected chi connectivity index (χ3v) is 5.18. The fraction of sp³-hybridized carbons (Fsp3) is 0.684. The largest absolute Gasteiger partial charge is 0.393 e. The summed E-state index contributed by atoms with van der Waals surface area (Å²) < 4.78 is 0. The maximum Gasteiger partial charge on any atom is 0.255 e. The lowest BCUT2D eigenvalue weighted by Gasteiger charge is -2.26. The van der Waals surface area contributed by atoms with E-state index in [1.165, 1.54) is 25.7 Å². The molecule has 0 saturated carbocycles. The molecule has 0 radical (unpaired) electrons. The quantitative estimate of drug-likeness (QED) is 0.922. The summed E-state index contributed by atoms with van der Waals surface area (Å²) in [5.41, 5.74) is 0.658. The number of aliphatic hydroxyl groups is 1. The van der Waals surface area contributed by atoms with E-state index >= 15 is 0 Å². The number of likely N-dealkylation sites (tertiary alicyclic amines) is 1. The molecule has 3 rings (SSSR count). The number of hydrogen-bond acceptors (Lipinski definition) is 4. The van der Waals surface area contributed by atoms with Crippen molar-refractivity contribution in [2.24, 2.45) is 0 Å². The van der Waals surface area contributed by atoms with Crippen molar-refractivity contribution in [1.82, 2.24) is 9.88 Å². The first-order valence-corrected chi connectivity index (χ1v) is 9.35. The van der Waals surface area contributed by atoms with Crippen LogP contribution in [0.3, 0.4) is 0 Å². The predicted molar refractivity (Wildman–Crippen MR) is 95.3 cm³/mol. The van der Waals surface area contributed by atoms with E-state index in [2.05, 4.69) is 9.88 Å². The van der Waals surface area contributed by atoms with Gasteiger partial charge >= 0.3 is 0 Å². The Hall–Kier alpha value is -1.62. The molecule has 2 aliphatic heterocycles. The van der Waals surface area contributed by atoms with Gasteiger partial charge in [-0.1, -0.05) is 12.8 Å². The van der Waals surface area contributed by atoms with Crippen LogP contribution in [0.5, 0.6) is 0 Å². The fourth-order valence-electron chi connectivity index (χ4n) is 3.91. The molecule has 2 atom stereocenters. The highest BCUT2D eigenvalue weighted by atomic mass is 16.3. The van der Waals surface area contributed by atoms with Crippen LogP contribution in [0.25, 0.3) is 0 Å². The zero-order valence-electron chi connectivity index (χ0n) is 14.7. The average Bonchev–Trinajstić information content (AvgIpc) is 2.86. The standard InChI is InChI=1S/C19H29N3O2/c1-15(23)13-17-7-6-12-22(17)19(24)16-8-9-18(20-14-16)21-10-4-2-3-5-11-21/h8-9,14-15,17,23H,2-7,10-13H2,1H3. The highest BCUT2D eigenvalue weighted by Gasteiger charge is 2.30. The average molecular weight is 331 g/mol. The van der Waals surface area contributed by atoms with Gasteiger partial charge in [-0.3, -0.25) is 4.79 Å². The van der Waals surface area contributed by atoms with Crippen LogP contribution in [0.2, 0.25) is 0 Å². The van der Waals surface area contributed by atoms with E-state index in [4.69, 9.17) is 0 Å². The van der Waals surface area contributed by atoms with Crippen LogP contribution in [-0.4, -0.2) is 52.7 Å². The van der Waals surface area contributed by atoms with Gasteiger partial charge in [0.05, 0.1) is 11.7 Å². The summed E-state index contributed by atoms with van der Waals surface area (Å²) in [5, 5.41) is 9.63. The number of hydrogen-bond donors (Lipinski definition) is 1. The van der Waals surface area contributed by atoms with Crippen molar-refractivity contribution in [3.05, 3.63) is 23.9 Å². The molecule has 2 aliphatic rings. The van der Waals surface area contributed by atoms with E-state index < -0.39 is 0 Å². The summed E-state index contributed by atoms with van der Waals surface area (Å²) in [5.74, 6) is 1.03. The first-order chi connectivity index (χ1) is 11.6. The van der Waals surface area contributed by atoms with Crippen LogP contribution in [0.4, 0.5) is 5.82 Å². The van der Waals surface area contributed by atoms with Crippen molar-refractivity contribution >= 4 is 11.7 Å². The van der Waals surface area contributed by atoms with Crippen molar-refractivity contribution in [1.29, 1.82) is 0 Å². The Bertz CT molecular complexity index is 536. The Labute approximate surface area is 144 Å². The summed E-state index contributed by atoms with van der Waals surface area (Å²) >= 11 is 0. The molecule has 0 aliphatic carbocycles. The van der Waals surface area contributed by atoms with E-state index in [1.807, 2.05) is 17.0 Å². The van der Waals surface area contributed by atoms with E-state index in [1.54, 1.807) is 13.1 Å². The Kier molecular flexibility index (Phi) is 5.72. The molecule has 3 heterocycles. The van der Waals surface area contributed by atoms with Crippen LogP contribution >= 0.6 is 0 Å². The molecule has 1 amide bonds. The molecule has 5 nitrogen and oxygen atoms in total. The molecule has 2 fully saturated rings. The van der Waals surface area contributed by atoms with Crippen molar-refractivity contribution in [3.8, 4) is 0 Å². The lowest BCUT2D eigenvalue weighted by molar-refractivity contribution is 0.0681. The third kappa shape index (κ3) is 4.07. The van der Waals surface area contributed by atoms with Gasteiger partial charge in [-0.25, -0.2) is 4.98 Å². The van der Waals surface area contributed by atoms with Gasteiger partial charge in [0.15, 0.2) is 0 Å². The Morgan fingerprint density at radius 2 is 1.96 bits per heavy atom. The van der Waals surface area contributed by atoms with Gasteiger partial charge in [0.2, 0.25) is 0 Å². The van der Waals surface area contributed by atoms with Crippen molar-refractivity contribution < 1.29 is 9.90 Å². The van der Waals surface area contributed by atoms with Gasteiger partial charge in [-0.15, -0.1) is 0 Å². The van der Waals surface area contributed by atoms with Gasteiger partial charge in [-0.2, -0.15) is 0 Å². The van der Waals surface area contributed by atoms with Gasteiger partial charge in [0.25, 0.3) is 5.91 Å². The third-order valence-electron chi connectivity index (χ3n) is 5.18. The number of rotatable bonds is 4. The number of carbonyl (C=O) groups is 1. The molecular formula is C19H29N3O2. The van der Waals surface area contributed by atoms with E-state index in [0.29, 0.717) is 12.0 Å². The number of anilines is 1. The Morgan fingerprint density at radius 3 is 2.58 bits per heavy atom. The molecular weight excluding hydrogens is 302 g/mol. The van der Waals surface area contributed by atoms with Gasteiger partial charge < -0.3 is 14.9 Å². The number of aliphatic hydroxyl groups excluding tert-OH is 1. The Morgan fingerprint density at radius 1 is 1.21 bits per heavy atom. The number of pyridine rings is 1. The molecule has 5 heteroatoms. The molecule has 1 aromatic heterocycles. The minimum atomic E-state index is -0.369. The van der Waals surface area contributed by atoms with Crippen LogP contribution in [-0.2, 0) is 0 Å². The minimum absolute atomic E-state index is 0.0491. The van der Waals surface area contributed by atoms with E-state index in [9.17, 15) is 9.90 Å². The highest BCUT2D eigenvalue weighted by Crippen LogP contribution is 2.24. The molecule has 1 aromatic rings. The fourth-order valence-corrected chi connectivity index (χ4v) is 3.91. The molecule has 132 valence electrons. The molecule has 0 spiro atoms. The molecule has 0 bridgehead atoms. The van der Waals surface area contributed by atoms with Crippen molar-refractivity contribution in [3.63, 3.8) is 0 Å². The predicted octanol–water partition coefficient (Wildman–Crippen LogP) is 2.84. The number of aromatic nitrogens is 1. The normalized spacial score (nSPS) is 23.2. The first kappa shape index (κ1) is 17.2. The lowest BCUT2D eigenvalue weighted by Crippen LogP contribution is -2.37. The monoisotopic (exact) mass is 331 g/mol. The summed E-state index contributed by atoms with van der Waals surface area (Å²) in [6.45, 7) is 4.69. The summed E-state index contributed by atoms with van der Waals surface area (Å²) in [6.07, 6.45) is 9.05. The van der Waals surface area contributed by atoms with Crippen LogP contribution in [0.1, 0.15) is 62.2 Å². The van der Waals surface area contributed by atoms with Gasteiger partial charge in [-0.05, 0) is 51.2 Å². The van der Waals surface area contributed by atoms with Gasteiger partial charge in [0, 0.05) is 31.9 Å². The topological polar surface area (TPSA) is 56.7 Å². The van der Waals surface area contributed by atoms with Crippen LogP contribution in [0.15, 0.2) is 18.3 Å². The van der Waals surface area contributed by atoms with Crippen LogP contribution in [0, 0.1) is 0 Å². The maximum atomic E-state index is 12.8. The van der Waals surface area contributed by atoms with E-state index in [0.717, 1.165) is 38.3 Å². The summed E-state index contributed by atoms with van der Waals surface area (Å²) in [7, 11) is 0. The molecule has 2 unspecified atom stereocenters.